The van der Waals surface area contributed by atoms with Crippen molar-refractivity contribution < 1.29 is 4.42 Å². The lowest BCUT2D eigenvalue weighted by Gasteiger charge is -2.13. The Hall–Kier alpha value is -8.40. The second-order valence-electron chi connectivity index (χ2n) is 16.5. The fraction of sp³-hybridized carbons (Fsp3) is 0. The van der Waals surface area contributed by atoms with Crippen LogP contribution in [0, 0.1) is 0 Å². The van der Waals surface area contributed by atoms with Crippen LogP contribution in [0.4, 0.5) is 0 Å². The maximum atomic E-state index is 6.89. The van der Waals surface area contributed by atoms with Crippen LogP contribution in [-0.2, 0) is 0 Å². The molecule has 0 saturated carbocycles. The van der Waals surface area contributed by atoms with Crippen molar-refractivity contribution in [3.8, 4) is 55.9 Å². The van der Waals surface area contributed by atoms with Crippen molar-refractivity contribution in [2.24, 2.45) is 0 Å². The second kappa shape index (κ2) is 14.1. The van der Waals surface area contributed by atoms with Crippen molar-refractivity contribution in [2.45, 2.75) is 0 Å². The minimum atomic E-state index is 0.877. The molecule has 0 N–H and O–H groups in total. The van der Waals surface area contributed by atoms with E-state index in [2.05, 4.69) is 240 Å². The van der Waals surface area contributed by atoms with Gasteiger partial charge in [-0.25, -0.2) is 0 Å². The van der Waals surface area contributed by atoms with E-state index in [1.807, 2.05) is 0 Å². The summed E-state index contributed by atoms with van der Waals surface area (Å²) < 4.78 is 11.7. The van der Waals surface area contributed by atoms with E-state index < -0.39 is 0 Å². The van der Waals surface area contributed by atoms with Crippen LogP contribution in [0.5, 0.6) is 0 Å². The van der Waals surface area contributed by atoms with Gasteiger partial charge in [-0.1, -0.05) is 164 Å². The molecule has 0 radical (unpaired) electrons. The van der Waals surface area contributed by atoms with Crippen LogP contribution in [0.1, 0.15) is 0 Å². The summed E-state index contributed by atoms with van der Waals surface area (Å²) in [6.07, 6.45) is 0. The number of para-hydroxylation sites is 3. The number of nitrogens with zero attached hydrogens (tertiary/aromatic N) is 2. The lowest BCUT2D eigenvalue weighted by atomic mass is 9.95. The molecule has 63 heavy (non-hydrogen) atoms. The number of benzene rings is 10. The molecular weight excluding hydrogens is 765 g/mol. The van der Waals surface area contributed by atoms with Crippen LogP contribution in [0.25, 0.3) is 121 Å². The minimum absolute atomic E-state index is 0.877. The molecule has 0 aliphatic heterocycles. The van der Waals surface area contributed by atoms with E-state index in [1.54, 1.807) is 0 Å². The Kier molecular flexibility index (Phi) is 7.91. The van der Waals surface area contributed by atoms with Crippen molar-refractivity contribution in [2.75, 3.05) is 0 Å². The third-order valence-electron chi connectivity index (χ3n) is 12.9. The van der Waals surface area contributed by atoms with Gasteiger partial charge < -0.3 is 13.6 Å². The van der Waals surface area contributed by atoms with Crippen LogP contribution in [0.3, 0.4) is 0 Å². The summed E-state index contributed by atoms with van der Waals surface area (Å²) in [6.45, 7) is 0. The van der Waals surface area contributed by atoms with Gasteiger partial charge in [0.1, 0.15) is 5.58 Å². The van der Waals surface area contributed by atoms with Crippen LogP contribution in [0.2, 0.25) is 0 Å². The summed E-state index contributed by atoms with van der Waals surface area (Å²) in [6, 6.07) is 83.3. The van der Waals surface area contributed by atoms with E-state index in [0.29, 0.717) is 0 Å². The van der Waals surface area contributed by atoms with Crippen LogP contribution in [0.15, 0.2) is 235 Å². The van der Waals surface area contributed by atoms with Crippen molar-refractivity contribution in [1.82, 2.24) is 9.13 Å². The first kappa shape index (κ1) is 35.4. The second-order valence-corrected chi connectivity index (χ2v) is 16.5. The van der Waals surface area contributed by atoms with Crippen molar-refractivity contribution in [1.29, 1.82) is 0 Å². The zero-order valence-electron chi connectivity index (χ0n) is 34.2. The Morgan fingerprint density at radius 1 is 0.286 bits per heavy atom. The quantitative estimate of drug-likeness (QED) is 0.164. The Morgan fingerprint density at radius 2 is 0.762 bits per heavy atom. The number of hydrogen-bond donors (Lipinski definition) is 0. The normalized spacial score (nSPS) is 11.8. The molecule has 0 spiro atoms. The molecule has 0 saturated heterocycles. The molecule has 0 aliphatic carbocycles. The molecule has 0 amide bonds. The molecule has 3 nitrogen and oxygen atoms in total. The van der Waals surface area contributed by atoms with Gasteiger partial charge in [0.25, 0.3) is 0 Å². The van der Waals surface area contributed by atoms with E-state index >= 15 is 0 Å². The van der Waals surface area contributed by atoms with Gasteiger partial charge in [-0.3, -0.25) is 0 Å². The maximum absolute atomic E-state index is 6.89. The van der Waals surface area contributed by atoms with Gasteiger partial charge in [0.15, 0.2) is 5.58 Å². The average molecular weight is 803 g/mol. The molecule has 13 rings (SSSR count). The van der Waals surface area contributed by atoms with Crippen LogP contribution < -0.4 is 0 Å². The summed E-state index contributed by atoms with van der Waals surface area (Å²) in [4.78, 5) is 0. The summed E-state index contributed by atoms with van der Waals surface area (Å²) >= 11 is 0. The van der Waals surface area contributed by atoms with E-state index in [-0.39, 0.29) is 0 Å². The largest absolute Gasteiger partial charge is 0.454 e. The molecular formula is C60H38N2O. The molecule has 3 aromatic heterocycles. The first-order valence-corrected chi connectivity index (χ1v) is 21.6. The van der Waals surface area contributed by atoms with Crippen LogP contribution in [-0.4, -0.2) is 9.13 Å². The monoisotopic (exact) mass is 802 g/mol. The topological polar surface area (TPSA) is 23.0 Å². The van der Waals surface area contributed by atoms with Gasteiger partial charge in [-0.2, -0.15) is 0 Å². The number of rotatable bonds is 6. The maximum Gasteiger partial charge on any atom is 0.160 e. The Labute approximate surface area is 363 Å². The first-order chi connectivity index (χ1) is 31.2. The summed E-state index contributed by atoms with van der Waals surface area (Å²) in [5, 5.41) is 7.11. The zero-order chi connectivity index (χ0) is 41.4. The van der Waals surface area contributed by atoms with Gasteiger partial charge in [0.05, 0.1) is 27.8 Å². The molecule has 10 aromatic carbocycles. The first-order valence-electron chi connectivity index (χ1n) is 21.6. The molecule has 13 aromatic rings. The molecule has 0 fully saturated rings. The molecule has 0 aliphatic rings. The fourth-order valence-electron chi connectivity index (χ4n) is 10.0. The standard InChI is InChI=1S/C60H38N2O/c1-3-14-39(15-4-1)41-26-30-46(31-27-41)61-53-23-10-7-20-48(53)51-37-43(28-33-55(51)61)44-29-34-56-52(38-44)49-21-8-11-24-54(49)62(56)57-35-32-47(59-50-22-9-12-25-58(50)63-60(57)59)45-19-13-18-42(36-45)40-16-5-2-6-17-40/h1-38H. The number of hydrogen-bond acceptors (Lipinski definition) is 1. The van der Waals surface area contributed by atoms with E-state index in [0.717, 1.165) is 55.5 Å². The highest BCUT2D eigenvalue weighted by molar-refractivity contribution is 6.17. The molecule has 0 unspecified atom stereocenters. The highest BCUT2D eigenvalue weighted by Crippen LogP contribution is 2.44. The highest BCUT2D eigenvalue weighted by Gasteiger charge is 2.22. The number of aromatic nitrogens is 2. The van der Waals surface area contributed by atoms with E-state index in [9.17, 15) is 0 Å². The lowest BCUT2D eigenvalue weighted by molar-refractivity contribution is 0.666. The average Bonchev–Trinajstić information content (AvgIpc) is 4.02. The summed E-state index contributed by atoms with van der Waals surface area (Å²) in [5.74, 6) is 0. The minimum Gasteiger partial charge on any atom is -0.454 e. The van der Waals surface area contributed by atoms with Crippen molar-refractivity contribution in [3.63, 3.8) is 0 Å². The predicted octanol–water partition coefficient (Wildman–Crippen LogP) is 16.4. The van der Waals surface area contributed by atoms with Gasteiger partial charge in [-0.15, -0.1) is 0 Å². The molecule has 294 valence electrons. The molecule has 0 atom stereocenters. The number of fused-ring (bicyclic) bond motifs is 9. The summed E-state index contributed by atoms with van der Waals surface area (Å²) in [7, 11) is 0. The van der Waals surface area contributed by atoms with Gasteiger partial charge >= 0.3 is 0 Å². The van der Waals surface area contributed by atoms with E-state index in [1.165, 1.54) is 66.0 Å². The summed E-state index contributed by atoms with van der Waals surface area (Å²) in [5.41, 5.74) is 18.1. The smallest absolute Gasteiger partial charge is 0.160 e. The van der Waals surface area contributed by atoms with E-state index in [4.69, 9.17) is 4.42 Å². The Balaban J connectivity index is 0.958. The van der Waals surface area contributed by atoms with Crippen LogP contribution >= 0.6 is 0 Å². The zero-order valence-corrected chi connectivity index (χ0v) is 34.2. The predicted molar refractivity (Wildman–Crippen MR) is 264 cm³/mol. The van der Waals surface area contributed by atoms with Crippen molar-refractivity contribution in [3.05, 3.63) is 231 Å². The molecule has 0 bridgehead atoms. The third kappa shape index (κ3) is 5.60. The molecule has 3 heteroatoms. The Morgan fingerprint density at radius 3 is 1.44 bits per heavy atom. The molecule has 3 heterocycles. The lowest BCUT2D eigenvalue weighted by Crippen LogP contribution is -1.95. The highest BCUT2D eigenvalue weighted by atomic mass is 16.3. The third-order valence-corrected chi connectivity index (χ3v) is 12.9. The fourth-order valence-corrected chi connectivity index (χ4v) is 10.0. The Bertz CT molecular complexity index is 3890. The van der Waals surface area contributed by atoms with Crippen molar-refractivity contribution >= 4 is 65.6 Å². The van der Waals surface area contributed by atoms with Gasteiger partial charge in [0, 0.05) is 38.0 Å². The number of furan rings is 1. The van der Waals surface area contributed by atoms with Gasteiger partial charge in [-0.05, 0) is 111 Å². The SMILES string of the molecule is c1ccc(-c2ccc(-n3c4ccccc4c4cc(-c5ccc6c(c5)c5ccccc5n6-c5ccc(-c6cccc(-c7ccccc7)c6)c6c5oc5ccccc56)ccc43)cc2)cc1. The van der Waals surface area contributed by atoms with Gasteiger partial charge in [0.2, 0.25) is 0 Å².